The van der Waals surface area contributed by atoms with Gasteiger partial charge in [-0.15, -0.1) is 15.3 Å². The maximum absolute atomic E-state index is 12.1. The summed E-state index contributed by atoms with van der Waals surface area (Å²) >= 11 is 0. The van der Waals surface area contributed by atoms with Crippen LogP contribution >= 0.6 is 0 Å². The molecule has 1 atom stereocenters. The van der Waals surface area contributed by atoms with Crippen molar-refractivity contribution in [3.63, 3.8) is 0 Å². The molecule has 8 nitrogen and oxygen atoms in total. The maximum Gasteiger partial charge on any atom is 0.220 e. The van der Waals surface area contributed by atoms with E-state index in [1.54, 1.807) is 4.52 Å². The molecule has 8 heteroatoms. The summed E-state index contributed by atoms with van der Waals surface area (Å²) in [6.07, 6.45) is 5.55. The number of hydrogen-bond donors (Lipinski definition) is 1. The Morgan fingerprint density at radius 3 is 2.89 bits per heavy atom. The van der Waals surface area contributed by atoms with E-state index in [2.05, 4.69) is 27.3 Å². The second kappa shape index (κ2) is 8.21. The Labute approximate surface area is 159 Å². The standard InChI is InChI=1S/C19H28N6O2/c1-14-8-10-24(11-9-14)18-5-4-16-21-22-17(25(16)23-18)6-7-19(26)20-13-15-3-2-12-27-15/h4-5,14-15H,2-3,6-13H2,1H3,(H,20,26)/t15-/m0/s1. The first-order valence-corrected chi connectivity index (χ1v) is 10.0. The Morgan fingerprint density at radius 2 is 2.11 bits per heavy atom. The van der Waals surface area contributed by atoms with Crippen LogP contribution < -0.4 is 10.2 Å². The van der Waals surface area contributed by atoms with E-state index in [-0.39, 0.29) is 12.0 Å². The van der Waals surface area contributed by atoms with Crippen molar-refractivity contribution in [1.82, 2.24) is 25.1 Å². The summed E-state index contributed by atoms with van der Waals surface area (Å²) in [5.41, 5.74) is 0.721. The Kier molecular flexibility index (Phi) is 5.52. The first kappa shape index (κ1) is 18.2. The summed E-state index contributed by atoms with van der Waals surface area (Å²) in [4.78, 5) is 14.4. The normalized spacial score (nSPS) is 21.1. The predicted octanol–water partition coefficient (Wildman–Crippen LogP) is 1.59. The molecule has 0 bridgehead atoms. The van der Waals surface area contributed by atoms with E-state index >= 15 is 0 Å². The molecular formula is C19H28N6O2. The minimum Gasteiger partial charge on any atom is -0.376 e. The third-order valence-electron chi connectivity index (χ3n) is 5.55. The molecule has 1 N–H and O–H groups in total. The van der Waals surface area contributed by atoms with Gasteiger partial charge in [0.1, 0.15) is 5.82 Å². The van der Waals surface area contributed by atoms with Gasteiger partial charge in [0.25, 0.3) is 0 Å². The lowest BCUT2D eigenvalue weighted by Gasteiger charge is -2.30. The number of ether oxygens (including phenoxy) is 1. The van der Waals surface area contributed by atoms with Crippen molar-refractivity contribution in [3.8, 4) is 0 Å². The number of carbonyl (C=O) groups excluding carboxylic acids is 1. The highest BCUT2D eigenvalue weighted by Crippen LogP contribution is 2.21. The molecule has 0 radical (unpaired) electrons. The molecule has 0 aliphatic carbocycles. The summed E-state index contributed by atoms with van der Waals surface area (Å²) in [5, 5.41) is 16.1. The number of nitrogens with one attached hydrogen (secondary N) is 1. The van der Waals surface area contributed by atoms with E-state index in [0.29, 0.717) is 19.4 Å². The lowest BCUT2D eigenvalue weighted by molar-refractivity contribution is -0.121. The highest BCUT2D eigenvalue weighted by Gasteiger charge is 2.19. The largest absolute Gasteiger partial charge is 0.376 e. The van der Waals surface area contributed by atoms with Crippen molar-refractivity contribution in [3.05, 3.63) is 18.0 Å². The summed E-state index contributed by atoms with van der Waals surface area (Å²) in [6.45, 7) is 5.76. The summed E-state index contributed by atoms with van der Waals surface area (Å²) < 4.78 is 7.31. The van der Waals surface area contributed by atoms with Gasteiger partial charge in [0.15, 0.2) is 11.5 Å². The van der Waals surface area contributed by atoms with Crippen molar-refractivity contribution >= 4 is 17.4 Å². The number of piperidine rings is 1. The lowest BCUT2D eigenvalue weighted by atomic mass is 9.99. The quantitative estimate of drug-likeness (QED) is 0.829. The molecule has 0 unspecified atom stereocenters. The number of hydrogen-bond acceptors (Lipinski definition) is 6. The van der Waals surface area contributed by atoms with Gasteiger partial charge in [-0.1, -0.05) is 6.92 Å². The number of amides is 1. The Bertz CT molecular complexity index is 778. The number of nitrogens with zero attached hydrogens (tertiary/aromatic N) is 5. The fourth-order valence-electron chi connectivity index (χ4n) is 3.73. The molecular weight excluding hydrogens is 344 g/mol. The van der Waals surface area contributed by atoms with Gasteiger partial charge in [-0.25, -0.2) is 0 Å². The van der Waals surface area contributed by atoms with Gasteiger partial charge in [-0.2, -0.15) is 4.52 Å². The first-order valence-electron chi connectivity index (χ1n) is 10.0. The molecule has 27 heavy (non-hydrogen) atoms. The van der Waals surface area contributed by atoms with Crippen LogP contribution in [0.25, 0.3) is 5.65 Å². The smallest absolute Gasteiger partial charge is 0.220 e. The highest BCUT2D eigenvalue weighted by atomic mass is 16.5. The van der Waals surface area contributed by atoms with Gasteiger partial charge < -0.3 is 15.0 Å². The summed E-state index contributed by atoms with van der Waals surface area (Å²) in [7, 11) is 0. The Hall–Kier alpha value is -2.22. The molecule has 2 aliphatic rings. The fourth-order valence-corrected chi connectivity index (χ4v) is 3.73. The molecule has 2 fully saturated rings. The molecule has 4 heterocycles. The van der Waals surface area contributed by atoms with Crippen molar-refractivity contribution in [2.75, 3.05) is 31.1 Å². The zero-order chi connectivity index (χ0) is 18.6. The van der Waals surface area contributed by atoms with Gasteiger partial charge in [-0.05, 0) is 43.7 Å². The number of rotatable bonds is 6. The van der Waals surface area contributed by atoms with Crippen LogP contribution in [0.3, 0.4) is 0 Å². The van der Waals surface area contributed by atoms with Crippen molar-refractivity contribution in [1.29, 1.82) is 0 Å². The van der Waals surface area contributed by atoms with Gasteiger partial charge in [0.2, 0.25) is 5.91 Å². The minimum absolute atomic E-state index is 0.0171. The molecule has 1 amide bonds. The van der Waals surface area contributed by atoms with E-state index < -0.39 is 0 Å². The fraction of sp³-hybridized carbons (Fsp3) is 0.684. The van der Waals surface area contributed by atoms with E-state index in [1.165, 1.54) is 12.8 Å². The Balaban J connectivity index is 1.36. The van der Waals surface area contributed by atoms with Crippen molar-refractivity contribution < 1.29 is 9.53 Å². The summed E-state index contributed by atoms with van der Waals surface area (Å²) in [5.74, 6) is 2.48. The van der Waals surface area contributed by atoms with Crippen LogP contribution in [0.1, 0.15) is 44.9 Å². The second-order valence-electron chi connectivity index (χ2n) is 7.69. The third-order valence-corrected chi connectivity index (χ3v) is 5.55. The first-order chi connectivity index (χ1) is 13.2. The molecule has 0 saturated carbocycles. The zero-order valence-corrected chi connectivity index (χ0v) is 15.9. The number of anilines is 1. The predicted molar refractivity (Wildman–Crippen MR) is 102 cm³/mol. The number of fused-ring (bicyclic) bond motifs is 1. The molecule has 2 aliphatic heterocycles. The van der Waals surface area contributed by atoms with Gasteiger partial charge in [0.05, 0.1) is 6.10 Å². The molecule has 2 saturated heterocycles. The average Bonchev–Trinajstić information content (AvgIpc) is 3.34. The SMILES string of the molecule is CC1CCN(c2ccc3nnc(CCC(=O)NC[C@@H]4CCCO4)n3n2)CC1. The topological polar surface area (TPSA) is 84.7 Å². The minimum atomic E-state index is 0.0171. The van der Waals surface area contributed by atoms with Crippen LogP contribution in [0.5, 0.6) is 0 Å². The van der Waals surface area contributed by atoms with E-state index in [0.717, 1.165) is 55.7 Å². The monoisotopic (exact) mass is 372 g/mol. The van der Waals surface area contributed by atoms with Crippen LogP contribution in [0.2, 0.25) is 0 Å². The van der Waals surface area contributed by atoms with Gasteiger partial charge >= 0.3 is 0 Å². The maximum atomic E-state index is 12.1. The number of aryl methyl sites for hydroxylation is 1. The highest BCUT2D eigenvalue weighted by molar-refractivity contribution is 5.76. The van der Waals surface area contributed by atoms with Crippen LogP contribution in [-0.4, -0.2) is 58.1 Å². The zero-order valence-electron chi connectivity index (χ0n) is 15.9. The summed E-state index contributed by atoms with van der Waals surface area (Å²) in [6, 6.07) is 3.96. The van der Waals surface area contributed by atoms with Crippen molar-refractivity contribution in [2.24, 2.45) is 5.92 Å². The van der Waals surface area contributed by atoms with Gasteiger partial charge in [0, 0.05) is 39.1 Å². The molecule has 2 aromatic rings. The average molecular weight is 372 g/mol. The van der Waals surface area contributed by atoms with Crippen LogP contribution in [0.4, 0.5) is 5.82 Å². The number of aromatic nitrogens is 4. The van der Waals surface area contributed by atoms with Gasteiger partial charge in [-0.3, -0.25) is 4.79 Å². The molecule has 146 valence electrons. The second-order valence-corrected chi connectivity index (χ2v) is 7.69. The van der Waals surface area contributed by atoms with Crippen molar-refractivity contribution in [2.45, 2.75) is 51.6 Å². The van der Waals surface area contributed by atoms with Crippen LogP contribution in [0, 0.1) is 5.92 Å². The third kappa shape index (κ3) is 4.37. The molecule has 4 rings (SSSR count). The molecule has 2 aromatic heterocycles. The molecule has 0 spiro atoms. The van der Waals surface area contributed by atoms with E-state index in [1.807, 2.05) is 12.1 Å². The number of carbonyl (C=O) groups is 1. The van der Waals surface area contributed by atoms with Crippen LogP contribution in [-0.2, 0) is 16.0 Å². The van der Waals surface area contributed by atoms with Crippen LogP contribution in [0.15, 0.2) is 12.1 Å². The Morgan fingerprint density at radius 1 is 1.26 bits per heavy atom. The van der Waals surface area contributed by atoms with E-state index in [4.69, 9.17) is 9.84 Å². The molecule has 0 aromatic carbocycles. The van der Waals surface area contributed by atoms with E-state index in [9.17, 15) is 4.79 Å². The lowest BCUT2D eigenvalue weighted by Crippen LogP contribution is -2.33.